The molecule has 1 unspecified atom stereocenters. The third-order valence-electron chi connectivity index (χ3n) is 2.45. The van der Waals surface area contributed by atoms with Gasteiger partial charge in [0.15, 0.2) is 0 Å². The number of carbonyl (C=O) groups excluding carboxylic acids is 1. The van der Waals surface area contributed by atoms with Crippen LogP contribution in [0.3, 0.4) is 0 Å². The van der Waals surface area contributed by atoms with E-state index in [9.17, 15) is 4.79 Å². The summed E-state index contributed by atoms with van der Waals surface area (Å²) >= 11 is 5.88. The summed E-state index contributed by atoms with van der Waals surface area (Å²) in [4.78, 5) is 11.0. The summed E-state index contributed by atoms with van der Waals surface area (Å²) in [6, 6.07) is 0.235. The molecule has 1 saturated carbocycles. The van der Waals surface area contributed by atoms with Gasteiger partial charge in [0, 0.05) is 19.0 Å². The van der Waals surface area contributed by atoms with Crippen molar-refractivity contribution in [2.75, 3.05) is 0 Å². The van der Waals surface area contributed by atoms with E-state index in [0.717, 1.165) is 12.1 Å². The molecule has 1 aliphatic carbocycles. The van der Waals surface area contributed by atoms with Crippen LogP contribution in [0.15, 0.2) is 6.20 Å². The standard InChI is InChI=1S/C9H11ClN2O/c1-6-9(10)5-12(11-6)7-2-3-8(13)4-7/h5,7H,2-4H2,1H3. The molecule has 0 aromatic carbocycles. The SMILES string of the molecule is Cc1nn(C2CCC(=O)C2)cc1Cl. The summed E-state index contributed by atoms with van der Waals surface area (Å²) < 4.78 is 1.82. The molecule has 0 bridgehead atoms. The highest BCUT2D eigenvalue weighted by atomic mass is 35.5. The maximum absolute atomic E-state index is 11.0. The molecule has 1 aliphatic rings. The van der Waals surface area contributed by atoms with Gasteiger partial charge in [0.2, 0.25) is 0 Å². The van der Waals surface area contributed by atoms with Gasteiger partial charge in [-0.05, 0) is 13.3 Å². The Kier molecular flexibility index (Phi) is 2.12. The predicted octanol–water partition coefficient (Wildman–Crippen LogP) is 2.14. The molecule has 70 valence electrons. The molecular formula is C9H11ClN2O. The van der Waals surface area contributed by atoms with E-state index in [1.54, 1.807) is 6.20 Å². The minimum absolute atomic E-state index is 0.235. The van der Waals surface area contributed by atoms with Crippen molar-refractivity contribution in [2.24, 2.45) is 0 Å². The van der Waals surface area contributed by atoms with Crippen molar-refractivity contribution in [1.29, 1.82) is 0 Å². The molecule has 0 spiro atoms. The summed E-state index contributed by atoms with van der Waals surface area (Å²) in [6.45, 7) is 1.87. The predicted molar refractivity (Wildman–Crippen MR) is 49.9 cm³/mol. The maximum atomic E-state index is 11.0. The van der Waals surface area contributed by atoms with Crippen molar-refractivity contribution in [3.63, 3.8) is 0 Å². The molecule has 4 heteroatoms. The van der Waals surface area contributed by atoms with Crippen molar-refractivity contribution in [3.8, 4) is 0 Å². The number of ketones is 1. The third kappa shape index (κ3) is 1.61. The normalized spacial score (nSPS) is 22.6. The zero-order valence-corrected chi connectivity index (χ0v) is 8.21. The summed E-state index contributed by atoms with van der Waals surface area (Å²) in [5.41, 5.74) is 0.834. The fourth-order valence-electron chi connectivity index (χ4n) is 1.67. The first-order valence-electron chi connectivity index (χ1n) is 4.40. The van der Waals surface area contributed by atoms with E-state index in [1.807, 2.05) is 11.6 Å². The zero-order valence-electron chi connectivity index (χ0n) is 7.46. The van der Waals surface area contributed by atoms with Crippen molar-refractivity contribution in [2.45, 2.75) is 32.2 Å². The molecule has 1 atom stereocenters. The second-order valence-electron chi connectivity index (χ2n) is 3.48. The highest BCUT2D eigenvalue weighted by molar-refractivity contribution is 6.31. The van der Waals surface area contributed by atoms with Gasteiger partial charge in [0.1, 0.15) is 5.78 Å². The molecule has 0 N–H and O–H groups in total. The molecule has 0 amide bonds. The van der Waals surface area contributed by atoms with Gasteiger partial charge >= 0.3 is 0 Å². The fraction of sp³-hybridized carbons (Fsp3) is 0.556. The lowest BCUT2D eigenvalue weighted by atomic mass is 10.3. The second-order valence-corrected chi connectivity index (χ2v) is 3.88. The number of hydrogen-bond acceptors (Lipinski definition) is 2. The van der Waals surface area contributed by atoms with Crippen molar-refractivity contribution >= 4 is 17.4 Å². The number of Topliss-reactive ketones (excluding diaryl/α,β-unsaturated/α-hetero) is 1. The summed E-state index contributed by atoms with van der Waals surface area (Å²) in [5.74, 6) is 0.328. The van der Waals surface area contributed by atoms with Gasteiger partial charge in [-0.2, -0.15) is 5.10 Å². The smallest absolute Gasteiger partial charge is 0.135 e. The number of nitrogens with zero attached hydrogens (tertiary/aromatic N) is 2. The van der Waals surface area contributed by atoms with Gasteiger partial charge in [-0.3, -0.25) is 9.48 Å². The van der Waals surface area contributed by atoms with Gasteiger partial charge in [-0.25, -0.2) is 0 Å². The van der Waals surface area contributed by atoms with Crippen molar-refractivity contribution in [3.05, 3.63) is 16.9 Å². The van der Waals surface area contributed by atoms with Gasteiger partial charge < -0.3 is 0 Å². The minimum atomic E-state index is 0.235. The fourth-order valence-corrected chi connectivity index (χ4v) is 1.80. The van der Waals surface area contributed by atoms with Crippen molar-refractivity contribution in [1.82, 2.24) is 9.78 Å². The number of aryl methyl sites for hydroxylation is 1. The van der Waals surface area contributed by atoms with Crippen LogP contribution in [0.25, 0.3) is 0 Å². The zero-order chi connectivity index (χ0) is 9.42. The number of rotatable bonds is 1. The second kappa shape index (κ2) is 3.14. The lowest BCUT2D eigenvalue weighted by Crippen LogP contribution is -2.06. The van der Waals surface area contributed by atoms with E-state index in [2.05, 4.69) is 5.10 Å². The molecule has 13 heavy (non-hydrogen) atoms. The van der Waals surface area contributed by atoms with Gasteiger partial charge in [-0.1, -0.05) is 11.6 Å². The molecule has 1 heterocycles. The number of hydrogen-bond donors (Lipinski definition) is 0. The Bertz CT molecular complexity index is 326. The van der Waals surface area contributed by atoms with Crippen LogP contribution < -0.4 is 0 Å². The average molecular weight is 199 g/mol. The molecule has 0 aliphatic heterocycles. The Morgan fingerprint density at radius 2 is 2.46 bits per heavy atom. The molecule has 3 nitrogen and oxygen atoms in total. The summed E-state index contributed by atoms with van der Waals surface area (Å²) in [6.07, 6.45) is 4.00. The lowest BCUT2D eigenvalue weighted by Gasteiger charge is -2.07. The molecule has 2 rings (SSSR count). The molecule has 1 aromatic heterocycles. The van der Waals surface area contributed by atoms with E-state index in [4.69, 9.17) is 11.6 Å². The first-order valence-corrected chi connectivity index (χ1v) is 4.77. The maximum Gasteiger partial charge on any atom is 0.135 e. The monoisotopic (exact) mass is 198 g/mol. The first-order chi connectivity index (χ1) is 6.16. The van der Waals surface area contributed by atoms with E-state index >= 15 is 0 Å². The Balaban J connectivity index is 2.21. The first kappa shape index (κ1) is 8.75. The van der Waals surface area contributed by atoms with E-state index < -0.39 is 0 Å². The van der Waals surface area contributed by atoms with Gasteiger partial charge in [0.05, 0.1) is 16.8 Å². The highest BCUT2D eigenvalue weighted by Gasteiger charge is 2.24. The molecule has 1 aromatic rings. The van der Waals surface area contributed by atoms with Crippen LogP contribution in [0.1, 0.15) is 31.0 Å². The Morgan fingerprint density at radius 1 is 1.69 bits per heavy atom. The minimum Gasteiger partial charge on any atom is -0.300 e. The Hall–Kier alpha value is -0.830. The molecule has 0 saturated heterocycles. The van der Waals surface area contributed by atoms with Crippen LogP contribution >= 0.6 is 11.6 Å². The Labute approximate surface area is 81.7 Å². The number of halogens is 1. The topological polar surface area (TPSA) is 34.9 Å². The lowest BCUT2D eigenvalue weighted by molar-refractivity contribution is -0.117. The average Bonchev–Trinajstić information content (AvgIpc) is 2.61. The largest absolute Gasteiger partial charge is 0.300 e. The van der Waals surface area contributed by atoms with Crippen LogP contribution in [0, 0.1) is 6.92 Å². The highest BCUT2D eigenvalue weighted by Crippen LogP contribution is 2.27. The quantitative estimate of drug-likeness (QED) is 0.693. The van der Waals surface area contributed by atoms with E-state index in [0.29, 0.717) is 23.6 Å². The van der Waals surface area contributed by atoms with Crippen LogP contribution in [-0.4, -0.2) is 15.6 Å². The number of carbonyl (C=O) groups is 1. The van der Waals surface area contributed by atoms with Crippen molar-refractivity contribution < 1.29 is 4.79 Å². The molecule has 1 fully saturated rings. The summed E-state index contributed by atoms with van der Waals surface area (Å²) in [7, 11) is 0. The summed E-state index contributed by atoms with van der Waals surface area (Å²) in [5, 5.41) is 4.94. The van der Waals surface area contributed by atoms with E-state index in [-0.39, 0.29) is 6.04 Å². The third-order valence-corrected chi connectivity index (χ3v) is 2.82. The van der Waals surface area contributed by atoms with Gasteiger partial charge in [0.25, 0.3) is 0 Å². The van der Waals surface area contributed by atoms with Crippen LogP contribution in [-0.2, 0) is 4.79 Å². The van der Waals surface area contributed by atoms with Crippen LogP contribution in [0.4, 0.5) is 0 Å². The Morgan fingerprint density at radius 3 is 2.92 bits per heavy atom. The van der Waals surface area contributed by atoms with E-state index in [1.165, 1.54) is 0 Å². The molecule has 0 radical (unpaired) electrons. The van der Waals surface area contributed by atoms with Crippen LogP contribution in [0.5, 0.6) is 0 Å². The van der Waals surface area contributed by atoms with Gasteiger partial charge in [-0.15, -0.1) is 0 Å². The molecular weight excluding hydrogens is 188 g/mol. The van der Waals surface area contributed by atoms with Crippen LogP contribution in [0.2, 0.25) is 5.02 Å². The number of aromatic nitrogens is 2.